The van der Waals surface area contributed by atoms with Crippen molar-refractivity contribution in [2.24, 2.45) is 0 Å². The zero-order valence-electron chi connectivity index (χ0n) is 19.6. The van der Waals surface area contributed by atoms with E-state index in [0.29, 0.717) is 24.5 Å². The average molecular weight is 435 g/mol. The van der Waals surface area contributed by atoms with Gasteiger partial charge in [-0.3, -0.25) is 9.69 Å². The highest BCUT2D eigenvalue weighted by molar-refractivity contribution is 5.93. The number of nitrogens with zero attached hydrogens (tertiary/aromatic N) is 3. The van der Waals surface area contributed by atoms with Crippen molar-refractivity contribution in [2.45, 2.75) is 40.8 Å². The van der Waals surface area contributed by atoms with Crippen LogP contribution in [0.1, 0.15) is 39.3 Å². The van der Waals surface area contributed by atoms with Crippen LogP contribution in [0.25, 0.3) is 0 Å². The van der Waals surface area contributed by atoms with Gasteiger partial charge in [0.05, 0.1) is 32.0 Å². The van der Waals surface area contributed by atoms with E-state index < -0.39 is 0 Å². The number of rotatable bonds is 8. The zero-order valence-corrected chi connectivity index (χ0v) is 19.6. The summed E-state index contributed by atoms with van der Waals surface area (Å²) in [5, 5.41) is 12.6. The van der Waals surface area contributed by atoms with E-state index in [1.165, 1.54) is 0 Å². The van der Waals surface area contributed by atoms with Crippen LogP contribution in [0.4, 0.5) is 5.82 Å². The Morgan fingerprint density at radius 2 is 1.94 bits per heavy atom. The number of ether oxygens (including phenoxy) is 1. The molecule has 32 heavy (non-hydrogen) atoms. The lowest BCUT2D eigenvalue weighted by molar-refractivity contribution is -0.117. The zero-order chi connectivity index (χ0) is 23.4. The highest BCUT2D eigenvalue weighted by atomic mass is 16.5. The Kier molecular flexibility index (Phi) is 7.06. The van der Waals surface area contributed by atoms with E-state index >= 15 is 0 Å². The molecule has 0 aliphatic carbocycles. The summed E-state index contributed by atoms with van der Waals surface area (Å²) in [6, 6.07) is 10.1. The van der Waals surface area contributed by atoms with Gasteiger partial charge >= 0.3 is 0 Å². The van der Waals surface area contributed by atoms with Crippen molar-refractivity contribution >= 4 is 11.7 Å². The van der Waals surface area contributed by atoms with Crippen LogP contribution in [0.5, 0.6) is 5.75 Å². The van der Waals surface area contributed by atoms with E-state index in [9.17, 15) is 10.1 Å². The van der Waals surface area contributed by atoms with Crippen molar-refractivity contribution in [2.75, 3.05) is 26.0 Å². The Hall–Kier alpha value is -3.50. The van der Waals surface area contributed by atoms with Crippen molar-refractivity contribution in [1.82, 2.24) is 9.47 Å². The molecule has 0 aliphatic heterocycles. The van der Waals surface area contributed by atoms with Gasteiger partial charge in [0.1, 0.15) is 23.4 Å². The summed E-state index contributed by atoms with van der Waals surface area (Å²) in [5.74, 6) is 1.98. The highest BCUT2D eigenvalue weighted by Crippen LogP contribution is 2.28. The summed E-state index contributed by atoms with van der Waals surface area (Å²) in [6.45, 7) is 9.12. The van der Waals surface area contributed by atoms with Gasteiger partial charge in [-0.05, 0) is 69.1 Å². The third-order valence-corrected chi connectivity index (χ3v) is 5.68. The van der Waals surface area contributed by atoms with E-state index in [1.54, 1.807) is 13.4 Å². The smallest absolute Gasteiger partial charge is 0.239 e. The van der Waals surface area contributed by atoms with Gasteiger partial charge in [-0.15, -0.1) is 0 Å². The molecular weight excluding hydrogens is 404 g/mol. The molecule has 7 nitrogen and oxygen atoms in total. The van der Waals surface area contributed by atoms with Gasteiger partial charge in [-0.25, -0.2) is 0 Å². The number of amides is 1. The Balaban J connectivity index is 1.74. The lowest BCUT2D eigenvalue weighted by atomic mass is 10.1. The first kappa shape index (κ1) is 23.2. The first-order valence-corrected chi connectivity index (χ1v) is 10.5. The lowest BCUT2D eigenvalue weighted by Crippen LogP contribution is -2.30. The highest BCUT2D eigenvalue weighted by Gasteiger charge is 2.21. The van der Waals surface area contributed by atoms with Crippen molar-refractivity contribution in [3.8, 4) is 11.8 Å². The lowest BCUT2D eigenvalue weighted by Gasteiger charge is -2.19. The van der Waals surface area contributed by atoms with Gasteiger partial charge in [-0.1, -0.05) is 12.1 Å². The summed E-state index contributed by atoms with van der Waals surface area (Å²) >= 11 is 0. The number of methoxy groups -OCH3 is 1. The predicted molar refractivity (Wildman–Crippen MR) is 124 cm³/mol. The second-order valence-electron chi connectivity index (χ2n) is 8.19. The quantitative estimate of drug-likeness (QED) is 0.571. The number of carbonyl (C=O) groups is 1. The average Bonchev–Trinajstić information content (AvgIpc) is 3.30. The number of carbonyl (C=O) groups excluding carboxylic acids is 1. The first-order chi connectivity index (χ1) is 15.2. The molecule has 0 bridgehead atoms. The Morgan fingerprint density at radius 1 is 1.25 bits per heavy atom. The van der Waals surface area contributed by atoms with Crippen molar-refractivity contribution in [3.05, 3.63) is 69.8 Å². The number of likely N-dealkylation sites (N-methyl/N-ethyl adjacent to an activating group) is 1. The van der Waals surface area contributed by atoms with Gasteiger partial charge in [0.15, 0.2) is 0 Å². The number of anilines is 1. The fraction of sp³-hybridized carbons (Fsp3) is 0.360. The third-order valence-electron chi connectivity index (χ3n) is 5.68. The van der Waals surface area contributed by atoms with Crippen LogP contribution in [-0.4, -0.2) is 36.1 Å². The topological polar surface area (TPSA) is 83.4 Å². The van der Waals surface area contributed by atoms with E-state index in [4.69, 9.17) is 9.15 Å². The van der Waals surface area contributed by atoms with Crippen LogP contribution in [0, 0.1) is 39.0 Å². The summed E-state index contributed by atoms with van der Waals surface area (Å²) in [4.78, 5) is 14.8. The Morgan fingerprint density at radius 3 is 2.50 bits per heavy atom. The van der Waals surface area contributed by atoms with Crippen LogP contribution < -0.4 is 10.1 Å². The number of aryl methyl sites for hydroxylation is 2. The summed E-state index contributed by atoms with van der Waals surface area (Å²) in [6.07, 6.45) is 1.61. The molecule has 0 saturated carbocycles. The molecule has 7 heteroatoms. The van der Waals surface area contributed by atoms with Gasteiger partial charge < -0.3 is 19.0 Å². The fourth-order valence-corrected chi connectivity index (χ4v) is 4.12. The number of nitrogens with one attached hydrogen (secondary N) is 1. The maximum absolute atomic E-state index is 12.9. The number of hydrogen-bond donors (Lipinski definition) is 1. The molecule has 168 valence electrons. The molecule has 0 radical (unpaired) electrons. The van der Waals surface area contributed by atoms with Crippen LogP contribution in [-0.2, 0) is 17.9 Å². The minimum Gasteiger partial charge on any atom is -0.496 e. The monoisotopic (exact) mass is 434 g/mol. The molecule has 0 aliphatic rings. The molecule has 2 aromatic heterocycles. The second kappa shape index (κ2) is 9.75. The van der Waals surface area contributed by atoms with E-state index in [-0.39, 0.29) is 12.5 Å². The molecule has 2 heterocycles. The second-order valence-corrected chi connectivity index (χ2v) is 8.19. The molecule has 1 N–H and O–H groups in total. The van der Waals surface area contributed by atoms with Crippen molar-refractivity contribution in [3.63, 3.8) is 0 Å². The van der Waals surface area contributed by atoms with Gasteiger partial charge in [0.25, 0.3) is 0 Å². The van der Waals surface area contributed by atoms with Crippen LogP contribution in [0.15, 0.2) is 34.9 Å². The summed E-state index contributed by atoms with van der Waals surface area (Å²) in [5.41, 5.74) is 5.51. The van der Waals surface area contributed by atoms with Crippen LogP contribution in [0.2, 0.25) is 0 Å². The molecular formula is C25H30N4O3. The molecule has 3 aromatic rings. The third kappa shape index (κ3) is 4.87. The molecule has 1 amide bonds. The number of benzene rings is 1. The number of hydrogen-bond acceptors (Lipinski definition) is 5. The number of aromatic nitrogens is 1. The first-order valence-electron chi connectivity index (χ1n) is 10.5. The summed E-state index contributed by atoms with van der Waals surface area (Å²) in [7, 11) is 3.57. The van der Waals surface area contributed by atoms with E-state index in [1.807, 2.05) is 56.3 Å². The molecule has 0 spiro atoms. The Bertz CT molecular complexity index is 1130. The molecule has 0 saturated heterocycles. The van der Waals surface area contributed by atoms with Crippen LogP contribution in [0.3, 0.4) is 0 Å². The standard InChI is InChI=1S/C25H30N4O3/c1-16-10-20(11-17(2)24(16)31-6)13-28(5)15-23(30)27-25-22(12-26)18(3)19(4)29(25)14-21-8-7-9-32-21/h7-11H,13-15H2,1-6H3,(H,27,30). The molecule has 0 atom stereocenters. The van der Waals surface area contributed by atoms with E-state index in [2.05, 4.69) is 23.5 Å². The van der Waals surface area contributed by atoms with Crippen molar-refractivity contribution in [1.29, 1.82) is 5.26 Å². The molecule has 0 fully saturated rings. The van der Waals surface area contributed by atoms with Gasteiger partial charge in [-0.2, -0.15) is 5.26 Å². The SMILES string of the molecule is COc1c(C)cc(CN(C)CC(=O)Nc2c(C#N)c(C)c(C)n2Cc2ccco2)cc1C. The van der Waals surface area contributed by atoms with Gasteiger partial charge in [0, 0.05) is 12.2 Å². The maximum atomic E-state index is 12.9. The fourth-order valence-electron chi connectivity index (χ4n) is 4.12. The Labute approximate surface area is 189 Å². The molecule has 3 rings (SSSR count). The van der Waals surface area contributed by atoms with Crippen LogP contribution >= 0.6 is 0 Å². The van der Waals surface area contributed by atoms with Crippen molar-refractivity contribution < 1.29 is 13.9 Å². The number of furan rings is 1. The largest absolute Gasteiger partial charge is 0.496 e. The molecule has 1 aromatic carbocycles. The predicted octanol–water partition coefficient (Wildman–Crippen LogP) is 4.31. The van der Waals surface area contributed by atoms with Gasteiger partial charge in [0.2, 0.25) is 5.91 Å². The normalized spacial score (nSPS) is 10.9. The molecule has 0 unspecified atom stereocenters. The number of nitriles is 1. The minimum absolute atomic E-state index is 0.177. The minimum atomic E-state index is -0.177. The maximum Gasteiger partial charge on any atom is 0.239 e. The van der Waals surface area contributed by atoms with E-state index in [0.717, 1.165) is 39.5 Å². The summed E-state index contributed by atoms with van der Waals surface area (Å²) < 4.78 is 12.8.